The summed E-state index contributed by atoms with van der Waals surface area (Å²) in [5.74, 6) is 0.287. The quantitative estimate of drug-likeness (QED) is 0.852. The lowest BCUT2D eigenvalue weighted by molar-refractivity contribution is 0.413. The lowest BCUT2D eigenvalue weighted by Crippen LogP contribution is -2.14. The molecule has 0 aliphatic carbocycles. The van der Waals surface area contributed by atoms with Crippen molar-refractivity contribution in [2.75, 3.05) is 11.8 Å². The SMILES string of the molecule is COc1ccc(O)c(NS(=O)(=O)c2ccc(C)cc2C)c1. The predicted molar refractivity (Wildman–Crippen MR) is 81.4 cm³/mol. The first-order valence-electron chi connectivity index (χ1n) is 6.30. The van der Waals surface area contributed by atoms with Crippen molar-refractivity contribution in [1.29, 1.82) is 0 Å². The second kappa shape index (κ2) is 5.65. The molecule has 0 aliphatic rings. The fourth-order valence-electron chi connectivity index (χ4n) is 2.02. The standard InChI is InChI=1S/C15H17NO4S/c1-10-4-7-15(11(2)8-10)21(18,19)16-13-9-12(20-3)5-6-14(13)17/h4-9,16-17H,1-3H3. The van der Waals surface area contributed by atoms with Crippen molar-refractivity contribution < 1.29 is 18.3 Å². The average molecular weight is 307 g/mol. The maximum Gasteiger partial charge on any atom is 0.262 e. The van der Waals surface area contributed by atoms with Crippen LogP contribution in [0.25, 0.3) is 0 Å². The third kappa shape index (κ3) is 3.28. The summed E-state index contributed by atoms with van der Waals surface area (Å²) in [6.07, 6.45) is 0. The van der Waals surface area contributed by atoms with Crippen LogP contribution in [-0.4, -0.2) is 20.6 Å². The fraction of sp³-hybridized carbons (Fsp3) is 0.200. The number of aromatic hydroxyl groups is 1. The van der Waals surface area contributed by atoms with E-state index in [-0.39, 0.29) is 16.3 Å². The maximum atomic E-state index is 12.4. The number of phenolic OH excluding ortho intramolecular Hbond substituents is 1. The molecule has 0 fully saturated rings. The predicted octanol–water partition coefficient (Wildman–Crippen LogP) is 2.82. The Kier molecular flexibility index (Phi) is 4.09. The number of phenols is 1. The van der Waals surface area contributed by atoms with Gasteiger partial charge in [0.25, 0.3) is 10.0 Å². The summed E-state index contributed by atoms with van der Waals surface area (Å²) in [7, 11) is -2.31. The van der Waals surface area contributed by atoms with Crippen LogP contribution in [0.3, 0.4) is 0 Å². The zero-order chi connectivity index (χ0) is 15.6. The molecule has 2 rings (SSSR count). The Hall–Kier alpha value is -2.21. The van der Waals surface area contributed by atoms with Crippen LogP contribution in [0.1, 0.15) is 11.1 Å². The first kappa shape index (κ1) is 15.2. The van der Waals surface area contributed by atoms with Crippen LogP contribution in [-0.2, 0) is 10.0 Å². The smallest absolute Gasteiger partial charge is 0.262 e. The van der Waals surface area contributed by atoms with E-state index in [9.17, 15) is 13.5 Å². The Morgan fingerprint density at radius 1 is 1.10 bits per heavy atom. The van der Waals surface area contributed by atoms with Gasteiger partial charge in [0.1, 0.15) is 11.5 Å². The summed E-state index contributed by atoms with van der Waals surface area (Å²) < 4.78 is 32.2. The van der Waals surface area contributed by atoms with Gasteiger partial charge in [-0.25, -0.2) is 8.42 Å². The van der Waals surface area contributed by atoms with Gasteiger partial charge in [0.05, 0.1) is 17.7 Å². The van der Waals surface area contributed by atoms with E-state index in [0.717, 1.165) is 5.56 Å². The number of rotatable bonds is 4. The Morgan fingerprint density at radius 3 is 2.43 bits per heavy atom. The number of ether oxygens (including phenoxy) is 1. The highest BCUT2D eigenvalue weighted by Crippen LogP contribution is 2.30. The van der Waals surface area contributed by atoms with Gasteiger partial charge < -0.3 is 9.84 Å². The molecule has 2 aromatic carbocycles. The largest absolute Gasteiger partial charge is 0.506 e. The van der Waals surface area contributed by atoms with Crippen LogP contribution in [0.15, 0.2) is 41.3 Å². The minimum absolute atomic E-state index is 0.0781. The molecule has 0 amide bonds. The number of methoxy groups -OCH3 is 1. The molecule has 0 radical (unpaired) electrons. The second-order valence-corrected chi connectivity index (χ2v) is 6.41. The van der Waals surface area contributed by atoms with Gasteiger partial charge >= 0.3 is 0 Å². The van der Waals surface area contributed by atoms with E-state index in [1.807, 2.05) is 6.92 Å². The topological polar surface area (TPSA) is 75.6 Å². The van der Waals surface area contributed by atoms with Gasteiger partial charge in [-0.05, 0) is 37.6 Å². The van der Waals surface area contributed by atoms with Crippen molar-refractivity contribution in [3.05, 3.63) is 47.5 Å². The first-order chi connectivity index (χ1) is 9.83. The third-order valence-corrected chi connectivity index (χ3v) is 4.59. The van der Waals surface area contributed by atoms with E-state index >= 15 is 0 Å². The molecule has 0 spiro atoms. The maximum absolute atomic E-state index is 12.4. The van der Waals surface area contributed by atoms with Gasteiger partial charge in [0.2, 0.25) is 0 Å². The molecule has 0 atom stereocenters. The number of nitrogens with one attached hydrogen (secondary N) is 1. The van der Waals surface area contributed by atoms with Crippen molar-refractivity contribution in [3.63, 3.8) is 0 Å². The molecule has 2 N–H and O–H groups in total. The average Bonchev–Trinajstić information content (AvgIpc) is 2.40. The molecule has 0 bridgehead atoms. The molecule has 0 saturated carbocycles. The molecule has 0 aliphatic heterocycles. The highest BCUT2D eigenvalue weighted by molar-refractivity contribution is 7.92. The molecule has 2 aromatic rings. The number of hydrogen-bond donors (Lipinski definition) is 2. The van der Waals surface area contributed by atoms with Crippen molar-refractivity contribution in [2.45, 2.75) is 18.7 Å². The molecule has 0 heterocycles. The van der Waals surface area contributed by atoms with Gasteiger partial charge in [0.15, 0.2) is 0 Å². The molecular formula is C15H17NO4S. The van der Waals surface area contributed by atoms with Gasteiger partial charge in [-0.3, -0.25) is 4.72 Å². The van der Waals surface area contributed by atoms with Gasteiger partial charge in [-0.15, -0.1) is 0 Å². The van der Waals surface area contributed by atoms with Gasteiger partial charge in [-0.1, -0.05) is 17.7 Å². The molecular weight excluding hydrogens is 290 g/mol. The summed E-state index contributed by atoms with van der Waals surface area (Å²) >= 11 is 0. The summed E-state index contributed by atoms with van der Waals surface area (Å²) in [4.78, 5) is 0.176. The monoisotopic (exact) mass is 307 g/mol. The van der Waals surface area contributed by atoms with E-state index < -0.39 is 10.0 Å². The Morgan fingerprint density at radius 2 is 1.81 bits per heavy atom. The minimum Gasteiger partial charge on any atom is -0.506 e. The zero-order valence-corrected chi connectivity index (χ0v) is 12.9. The minimum atomic E-state index is -3.77. The number of anilines is 1. The lowest BCUT2D eigenvalue weighted by Gasteiger charge is -2.13. The van der Waals surface area contributed by atoms with E-state index in [2.05, 4.69) is 4.72 Å². The van der Waals surface area contributed by atoms with Crippen LogP contribution in [0.4, 0.5) is 5.69 Å². The number of hydrogen-bond acceptors (Lipinski definition) is 4. The summed E-state index contributed by atoms with van der Waals surface area (Å²) in [5.41, 5.74) is 1.70. The lowest BCUT2D eigenvalue weighted by atomic mass is 10.2. The van der Waals surface area contributed by atoms with Crippen LogP contribution < -0.4 is 9.46 Å². The van der Waals surface area contributed by atoms with Gasteiger partial charge in [-0.2, -0.15) is 0 Å². The highest BCUT2D eigenvalue weighted by atomic mass is 32.2. The normalized spacial score (nSPS) is 11.2. The fourth-order valence-corrected chi connectivity index (χ4v) is 3.32. The van der Waals surface area contributed by atoms with Crippen LogP contribution in [0, 0.1) is 13.8 Å². The van der Waals surface area contributed by atoms with Crippen LogP contribution in [0.5, 0.6) is 11.5 Å². The van der Waals surface area contributed by atoms with Gasteiger partial charge in [0, 0.05) is 6.07 Å². The Balaban J connectivity index is 2.42. The molecule has 21 heavy (non-hydrogen) atoms. The molecule has 0 aromatic heterocycles. The number of sulfonamides is 1. The molecule has 112 valence electrons. The molecule has 5 nitrogen and oxygen atoms in total. The second-order valence-electron chi connectivity index (χ2n) is 4.76. The number of aryl methyl sites for hydroxylation is 2. The first-order valence-corrected chi connectivity index (χ1v) is 7.79. The van der Waals surface area contributed by atoms with E-state index in [4.69, 9.17) is 4.74 Å². The zero-order valence-electron chi connectivity index (χ0n) is 12.0. The van der Waals surface area contributed by atoms with E-state index in [0.29, 0.717) is 11.3 Å². The Labute approximate surface area is 124 Å². The summed E-state index contributed by atoms with van der Waals surface area (Å²) in [5, 5.41) is 9.77. The van der Waals surface area contributed by atoms with Crippen molar-refractivity contribution in [3.8, 4) is 11.5 Å². The van der Waals surface area contributed by atoms with E-state index in [1.165, 1.54) is 19.2 Å². The number of benzene rings is 2. The van der Waals surface area contributed by atoms with Crippen molar-refractivity contribution in [1.82, 2.24) is 0 Å². The Bertz CT molecular complexity index is 769. The molecule has 0 unspecified atom stereocenters. The van der Waals surface area contributed by atoms with Crippen LogP contribution >= 0.6 is 0 Å². The molecule has 0 saturated heterocycles. The van der Waals surface area contributed by atoms with Crippen molar-refractivity contribution in [2.24, 2.45) is 0 Å². The van der Waals surface area contributed by atoms with Crippen molar-refractivity contribution >= 4 is 15.7 Å². The molecule has 6 heteroatoms. The summed E-state index contributed by atoms with van der Waals surface area (Å²) in [6.45, 7) is 3.62. The summed E-state index contributed by atoms with van der Waals surface area (Å²) in [6, 6.07) is 9.41. The highest BCUT2D eigenvalue weighted by Gasteiger charge is 2.18. The van der Waals surface area contributed by atoms with E-state index in [1.54, 1.807) is 31.2 Å². The van der Waals surface area contributed by atoms with Crippen LogP contribution in [0.2, 0.25) is 0 Å². The third-order valence-electron chi connectivity index (χ3n) is 3.07.